The molecule has 0 saturated heterocycles. The van der Waals surface area contributed by atoms with Crippen molar-refractivity contribution < 1.29 is 9.59 Å². The Bertz CT molecular complexity index is 907. The summed E-state index contributed by atoms with van der Waals surface area (Å²) in [5.41, 5.74) is 3.87. The van der Waals surface area contributed by atoms with Crippen molar-refractivity contribution in [3.8, 4) is 0 Å². The molecule has 3 amide bonds. The normalized spacial score (nSPS) is 14.1. The topological polar surface area (TPSA) is 64.7 Å². The Hall–Kier alpha value is -3.02. The SMILES string of the molecule is CC(C)NC(=O)Nc1ccc(N(C)C)c(CN(C(=O)C2CC2)C(C)c2ccccc2)c1. The minimum absolute atomic E-state index is 0.0369. The van der Waals surface area contributed by atoms with Gasteiger partial charge in [0.1, 0.15) is 0 Å². The largest absolute Gasteiger partial charge is 0.377 e. The predicted octanol–water partition coefficient (Wildman–Crippen LogP) is 4.78. The lowest BCUT2D eigenvalue weighted by molar-refractivity contribution is -0.135. The standard InChI is InChI=1S/C25H34N4O2/c1-17(2)26-25(31)27-22-13-14-23(28(4)5)21(15-22)16-29(24(30)20-11-12-20)18(3)19-9-7-6-8-10-19/h6-10,13-15,17-18,20H,11-12,16H2,1-5H3,(H2,26,27,31). The summed E-state index contributed by atoms with van der Waals surface area (Å²) in [5, 5.41) is 5.75. The lowest BCUT2D eigenvalue weighted by Gasteiger charge is -2.32. The second-order valence-corrected chi connectivity index (χ2v) is 8.82. The Morgan fingerprint density at radius 2 is 1.71 bits per heavy atom. The fourth-order valence-corrected chi connectivity index (χ4v) is 3.72. The third-order valence-corrected chi connectivity index (χ3v) is 5.54. The van der Waals surface area contributed by atoms with Gasteiger partial charge in [-0.15, -0.1) is 0 Å². The fraction of sp³-hybridized carbons (Fsp3) is 0.440. The van der Waals surface area contributed by atoms with E-state index in [-0.39, 0.29) is 29.9 Å². The van der Waals surface area contributed by atoms with E-state index in [2.05, 4.69) is 29.7 Å². The van der Waals surface area contributed by atoms with Crippen molar-refractivity contribution in [1.29, 1.82) is 0 Å². The van der Waals surface area contributed by atoms with E-state index in [0.717, 1.165) is 29.7 Å². The first kappa shape index (κ1) is 22.7. The molecule has 1 aliphatic rings. The number of nitrogens with one attached hydrogen (secondary N) is 2. The minimum Gasteiger partial charge on any atom is -0.377 e. The van der Waals surface area contributed by atoms with Gasteiger partial charge in [-0.1, -0.05) is 30.3 Å². The molecule has 2 aromatic rings. The molecule has 0 aliphatic heterocycles. The highest BCUT2D eigenvalue weighted by Crippen LogP contribution is 2.36. The summed E-state index contributed by atoms with van der Waals surface area (Å²) in [7, 11) is 3.98. The molecule has 1 unspecified atom stereocenters. The number of benzene rings is 2. The number of nitrogens with zero attached hydrogens (tertiary/aromatic N) is 2. The van der Waals surface area contributed by atoms with Crippen molar-refractivity contribution >= 4 is 23.3 Å². The van der Waals surface area contributed by atoms with Crippen LogP contribution in [0.15, 0.2) is 48.5 Å². The minimum atomic E-state index is -0.234. The summed E-state index contributed by atoms with van der Waals surface area (Å²) in [6, 6.07) is 15.8. The van der Waals surface area contributed by atoms with Crippen LogP contribution in [0.4, 0.5) is 16.2 Å². The number of carbonyl (C=O) groups excluding carboxylic acids is 2. The Labute approximate surface area is 185 Å². The van der Waals surface area contributed by atoms with Crippen molar-refractivity contribution in [2.24, 2.45) is 5.92 Å². The molecular formula is C25H34N4O2. The molecule has 0 heterocycles. The smallest absolute Gasteiger partial charge is 0.319 e. The van der Waals surface area contributed by atoms with Crippen molar-refractivity contribution in [2.75, 3.05) is 24.3 Å². The van der Waals surface area contributed by atoms with E-state index in [1.807, 2.05) is 74.1 Å². The van der Waals surface area contributed by atoms with Crippen LogP contribution >= 0.6 is 0 Å². The van der Waals surface area contributed by atoms with E-state index in [1.54, 1.807) is 0 Å². The van der Waals surface area contributed by atoms with E-state index in [1.165, 1.54) is 0 Å². The maximum absolute atomic E-state index is 13.2. The first-order chi connectivity index (χ1) is 14.8. The molecule has 6 heteroatoms. The van der Waals surface area contributed by atoms with Gasteiger partial charge in [0.25, 0.3) is 0 Å². The molecule has 0 aromatic heterocycles. The maximum atomic E-state index is 13.2. The van der Waals surface area contributed by atoms with Gasteiger partial charge in [-0.3, -0.25) is 4.79 Å². The van der Waals surface area contributed by atoms with Crippen LogP contribution in [0.3, 0.4) is 0 Å². The van der Waals surface area contributed by atoms with E-state index in [9.17, 15) is 9.59 Å². The number of carbonyl (C=O) groups is 2. The van der Waals surface area contributed by atoms with Gasteiger partial charge in [0.05, 0.1) is 6.04 Å². The van der Waals surface area contributed by atoms with Crippen molar-refractivity contribution in [2.45, 2.75) is 52.2 Å². The predicted molar refractivity (Wildman–Crippen MR) is 126 cm³/mol. The second-order valence-electron chi connectivity index (χ2n) is 8.82. The van der Waals surface area contributed by atoms with Gasteiger partial charge < -0.3 is 20.4 Å². The fourth-order valence-electron chi connectivity index (χ4n) is 3.72. The van der Waals surface area contributed by atoms with Crippen molar-refractivity contribution in [3.05, 3.63) is 59.7 Å². The molecule has 0 bridgehead atoms. The summed E-state index contributed by atoms with van der Waals surface area (Å²) in [5.74, 6) is 0.337. The molecule has 0 spiro atoms. The lowest BCUT2D eigenvalue weighted by Crippen LogP contribution is -2.35. The monoisotopic (exact) mass is 422 g/mol. The third kappa shape index (κ3) is 6.00. The summed E-state index contributed by atoms with van der Waals surface area (Å²) in [6.45, 7) is 6.42. The van der Waals surface area contributed by atoms with Gasteiger partial charge in [0, 0.05) is 44.0 Å². The van der Waals surface area contributed by atoms with Crippen LogP contribution in [0.25, 0.3) is 0 Å². The third-order valence-electron chi connectivity index (χ3n) is 5.54. The van der Waals surface area contributed by atoms with Crippen LogP contribution in [0.2, 0.25) is 0 Å². The molecular weight excluding hydrogens is 388 g/mol. The molecule has 6 nitrogen and oxygen atoms in total. The number of rotatable bonds is 8. The van der Waals surface area contributed by atoms with Gasteiger partial charge in [-0.25, -0.2) is 4.79 Å². The molecule has 31 heavy (non-hydrogen) atoms. The number of hydrogen-bond donors (Lipinski definition) is 2. The van der Waals surface area contributed by atoms with Gasteiger partial charge in [0.2, 0.25) is 5.91 Å². The summed E-state index contributed by atoms with van der Waals surface area (Å²) in [6.07, 6.45) is 1.93. The summed E-state index contributed by atoms with van der Waals surface area (Å²) >= 11 is 0. The number of hydrogen-bond acceptors (Lipinski definition) is 3. The van der Waals surface area contributed by atoms with E-state index in [0.29, 0.717) is 12.2 Å². The van der Waals surface area contributed by atoms with Crippen LogP contribution in [0.1, 0.15) is 50.8 Å². The van der Waals surface area contributed by atoms with Crippen molar-refractivity contribution in [1.82, 2.24) is 10.2 Å². The average molecular weight is 423 g/mol. The molecule has 1 saturated carbocycles. The lowest BCUT2D eigenvalue weighted by atomic mass is 10.0. The van der Waals surface area contributed by atoms with Crippen LogP contribution < -0.4 is 15.5 Å². The molecule has 3 rings (SSSR count). The Morgan fingerprint density at radius 1 is 1.03 bits per heavy atom. The Balaban J connectivity index is 1.90. The highest BCUT2D eigenvalue weighted by molar-refractivity contribution is 5.90. The van der Waals surface area contributed by atoms with E-state index in [4.69, 9.17) is 0 Å². The molecule has 1 atom stereocenters. The molecule has 1 fully saturated rings. The maximum Gasteiger partial charge on any atom is 0.319 e. The zero-order valence-corrected chi connectivity index (χ0v) is 19.2. The zero-order valence-electron chi connectivity index (χ0n) is 19.2. The van der Waals surface area contributed by atoms with Gasteiger partial charge >= 0.3 is 6.03 Å². The zero-order chi connectivity index (χ0) is 22.5. The number of amides is 3. The van der Waals surface area contributed by atoms with Crippen LogP contribution in [0.5, 0.6) is 0 Å². The first-order valence-corrected chi connectivity index (χ1v) is 11.0. The molecule has 0 radical (unpaired) electrons. The van der Waals surface area contributed by atoms with Gasteiger partial charge in [-0.2, -0.15) is 0 Å². The van der Waals surface area contributed by atoms with Crippen molar-refractivity contribution in [3.63, 3.8) is 0 Å². The van der Waals surface area contributed by atoms with E-state index < -0.39 is 0 Å². The van der Waals surface area contributed by atoms with Crippen LogP contribution in [0, 0.1) is 5.92 Å². The van der Waals surface area contributed by atoms with E-state index >= 15 is 0 Å². The molecule has 2 N–H and O–H groups in total. The average Bonchev–Trinajstić information content (AvgIpc) is 3.56. The molecule has 166 valence electrons. The highest BCUT2D eigenvalue weighted by atomic mass is 16.2. The second kappa shape index (κ2) is 9.86. The number of urea groups is 1. The molecule has 2 aromatic carbocycles. The first-order valence-electron chi connectivity index (χ1n) is 11.0. The van der Waals surface area contributed by atoms with Crippen LogP contribution in [-0.2, 0) is 11.3 Å². The molecule has 1 aliphatic carbocycles. The summed E-state index contributed by atoms with van der Waals surface area (Å²) < 4.78 is 0. The number of anilines is 2. The van der Waals surface area contributed by atoms with Gasteiger partial charge in [0.15, 0.2) is 0 Å². The van der Waals surface area contributed by atoms with Crippen LogP contribution in [-0.4, -0.2) is 37.0 Å². The Morgan fingerprint density at radius 3 is 2.29 bits per heavy atom. The summed E-state index contributed by atoms with van der Waals surface area (Å²) in [4.78, 5) is 29.4. The Kier molecular flexibility index (Phi) is 7.21. The quantitative estimate of drug-likeness (QED) is 0.643. The van der Waals surface area contributed by atoms with Gasteiger partial charge in [-0.05, 0) is 62.9 Å². The highest BCUT2D eigenvalue weighted by Gasteiger charge is 2.36.